The Hall–Kier alpha value is -3.74. The zero-order chi connectivity index (χ0) is 25.2. The molecule has 0 radical (unpaired) electrons. The van der Waals surface area contributed by atoms with Crippen molar-refractivity contribution in [2.24, 2.45) is 5.73 Å². The van der Waals surface area contributed by atoms with Crippen molar-refractivity contribution in [3.63, 3.8) is 0 Å². The van der Waals surface area contributed by atoms with Crippen molar-refractivity contribution in [2.45, 2.75) is 18.9 Å². The number of primary amides is 1. The summed E-state index contributed by atoms with van der Waals surface area (Å²) < 4.78 is 14.9. The van der Waals surface area contributed by atoms with E-state index in [-0.39, 0.29) is 29.4 Å². The number of rotatable bonds is 6. The topological polar surface area (TPSA) is 136 Å². The maximum Gasteiger partial charge on any atom is 0.320 e. The van der Waals surface area contributed by atoms with Gasteiger partial charge in [0.15, 0.2) is 11.5 Å². The Morgan fingerprint density at radius 1 is 1.14 bits per heavy atom. The van der Waals surface area contributed by atoms with Crippen LogP contribution in [0.15, 0.2) is 18.2 Å². The zero-order valence-electron chi connectivity index (χ0n) is 20.3. The minimum Gasteiger partial charge on any atom is -0.367 e. The number of hydrogen-bond acceptors (Lipinski definition) is 9. The number of carbonyl (C=O) groups is 2. The smallest absolute Gasteiger partial charge is 0.320 e. The molecule has 1 atom stereocenters. The monoisotopic (exact) mass is 498 g/mol. The maximum absolute atomic E-state index is 14.9. The highest BCUT2D eigenvalue weighted by atomic mass is 19.1. The van der Waals surface area contributed by atoms with Gasteiger partial charge in [0.25, 0.3) is 5.91 Å². The number of piperazine rings is 1. The van der Waals surface area contributed by atoms with E-state index in [1.165, 1.54) is 6.07 Å². The van der Waals surface area contributed by atoms with E-state index < -0.39 is 5.91 Å². The molecule has 3 aliphatic heterocycles. The molecule has 4 N–H and O–H groups in total. The van der Waals surface area contributed by atoms with E-state index in [9.17, 15) is 14.0 Å². The van der Waals surface area contributed by atoms with E-state index in [4.69, 9.17) is 5.73 Å². The molecule has 2 aromatic rings. The van der Waals surface area contributed by atoms with Crippen LogP contribution < -0.4 is 26.2 Å². The number of piperidine rings is 1. The highest BCUT2D eigenvalue weighted by molar-refractivity contribution is 5.96. The van der Waals surface area contributed by atoms with Gasteiger partial charge >= 0.3 is 6.03 Å². The highest BCUT2D eigenvalue weighted by Crippen LogP contribution is 2.27. The van der Waals surface area contributed by atoms with Gasteiger partial charge in [-0.15, -0.1) is 10.2 Å². The van der Waals surface area contributed by atoms with E-state index in [1.54, 1.807) is 24.1 Å². The van der Waals surface area contributed by atoms with Crippen molar-refractivity contribution in [1.82, 2.24) is 30.3 Å². The standard InChI is InChI=1S/C23H31FN10O2/c1-31-11-12-34(23(31)36)16-3-2-8-33(14-16)22-28-21(19(20(25)35)29-30-22)27-15-4-5-18(17(24)13-15)32-9-6-26-7-10-32/h4-5,13,16,26H,2-3,6-12,14H2,1H3,(H2,25,35)(H,27,28,30). The van der Waals surface area contributed by atoms with Crippen LogP contribution in [0.25, 0.3) is 0 Å². The second kappa shape index (κ2) is 10.1. The third-order valence-corrected chi connectivity index (χ3v) is 6.95. The SMILES string of the molecule is CN1CCN(C2CCCN(c3nnc(C(N)=O)c(Nc4ccc(N5CCNCC5)c(F)c4)n3)C2)C1=O. The first-order chi connectivity index (χ1) is 17.4. The Labute approximate surface area is 208 Å². The van der Waals surface area contributed by atoms with Crippen molar-refractivity contribution in [2.75, 3.05) is 74.5 Å². The molecule has 13 heteroatoms. The first-order valence-electron chi connectivity index (χ1n) is 12.2. The van der Waals surface area contributed by atoms with Crippen LogP contribution in [-0.4, -0.2) is 102 Å². The quantitative estimate of drug-likeness (QED) is 0.523. The van der Waals surface area contributed by atoms with Gasteiger partial charge in [-0.2, -0.15) is 4.98 Å². The number of halogens is 1. The number of benzene rings is 1. The van der Waals surface area contributed by atoms with Gasteiger partial charge in [-0.3, -0.25) is 4.79 Å². The van der Waals surface area contributed by atoms with Crippen LogP contribution in [0, 0.1) is 5.82 Å². The van der Waals surface area contributed by atoms with Gasteiger partial charge < -0.3 is 36.0 Å². The summed E-state index contributed by atoms with van der Waals surface area (Å²) in [5, 5.41) is 14.4. The minimum absolute atomic E-state index is 0.0265. The van der Waals surface area contributed by atoms with Crippen LogP contribution in [0.5, 0.6) is 0 Å². The van der Waals surface area contributed by atoms with Crippen LogP contribution in [0.2, 0.25) is 0 Å². The third-order valence-electron chi connectivity index (χ3n) is 6.95. The van der Waals surface area contributed by atoms with Crippen molar-refractivity contribution in [3.8, 4) is 0 Å². The molecule has 4 heterocycles. The summed E-state index contributed by atoms with van der Waals surface area (Å²) in [4.78, 5) is 36.6. The molecule has 0 spiro atoms. The largest absolute Gasteiger partial charge is 0.367 e. The van der Waals surface area contributed by atoms with Crippen molar-refractivity contribution in [1.29, 1.82) is 0 Å². The summed E-state index contributed by atoms with van der Waals surface area (Å²) in [6, 6.07) is 4.88. The fraction of sp³-hybridized carbons (Fsp3) is 0.522. The molecule has 1 unspecified atom stereocenters. The summed E-state index contributed by atoms with van der Waals surface area (Å²) in [5.41, 5.74) is 6.33. The van der Waals surface area contributed by atoms with Crippen molar-refractivity contribution < 1.29 is 14.0 Å². The van der Waals surface area contributed by atoms with E-state index in [2.05, 4.69) is 25.8 Å². The van der Waals surface area contributed by atoms with Gasteiger partial charge in [0, 0.05) is 65.1 Å². The molecule has 0 bridgehead atoms. The van der Waals surface area contributed by atoms with E-state index in [0.717, 1.165) is 39.0 Å². The second-order valence-electron chi connectivity index (χ2n) is 9.34. The van der Waals surface area contributed by atoms with E-state index in [0.29, 0.717) is 43.5 Å². The molecule has 1 aromatic heterocycles. The van der Waals surface area contributed by atoms with Gasteiger partial charge in [-0.25, -0.2) is 9.18 Å². The van der Waals surface area contributed by atoms with E-state index >= 15 is 0 Å². The number of nitrogens with two attached hydrogens (primary N) is 1. The highest BCUT2D eigenvalue weighted by Gasteiger charge is 2.35. The van der Waals surface area contributed by atoms with Gasteiger partial charge in [0.1, 0.15) is 5.82 Å². The number of aromatic nitrogens is 3. The molecule has 3 saturated heterocycles. The number of nitrogens with zero attached hydrogens (tertiary/aromatic N) is 7. The molecule has 36 heavy (non-hydrogen) atoms. The summed E-state index contributed by atoms with van der Waals surface area (Å²) in [7, 11) is 1.80. The van der Waals surface area contributed by atoms with Crippen LogP contribution in [0.4, 0.5) is 32.3 Å². The van der Waals surface area contributed by atoms with Gasteiger partial charge in [-0.1, -0.05) is 0 Å². The average molecular weight is 499 g/mol. The molecule has 5 rings (SSSR count). The molecule has 3 amide bonds. The molecule has 1 aromatic carbocycles. The number of carbonyl (C=O) groups excluding carboxylic acids is 2. The average Bonchev–Trinajstić information content (AvgIpc) is 3.22. The predicted octanol–water partition coefficient (Wildman–Crippen LogP) is 0.599. The number of likely N-dealkylation sites (N-methyl/N-ethyl adjacent to an activating group) is 1. The van der Waals surface area contributed by atoms with Crippen LogP contribution >= 0.6 is 0 Å². The molecule has 0 aliphatic carbocycles. The fourth-order valence-electron chi connectivity index (χ4n) is 4.99. The maximum atomic E-state index is 14.9. The second-order valence-corrected chi connectivity index (χ2v) is 9.34. The lowest BCUT2D eigenvalue weighted by atomic mass is 10.0. The zero-order valence-corrected chi connectivity index (χ0v) is 20.3. The van der Waals surface area contributed by atoms with Crippen LogP contribution in [0.1, 0.15) is 23.3 Å². The summed E-state index contributed by atoms with van der Waals surface area (Å²) in [5.74, 6) is -0.723. The van der Waals surface area contributed by atoms with E-state index in [1.807, 2.05) is 14.7 Å². The molecule has 12 nitrogen and oxygen atoms in total. The lowest BCUT2D eigenvalue weighted by molar-refractivity contribution is 0.0995. The third kappa shape index (κ3) is 4.83. The number of anilines is 4. The molecule has 3 fully saturated rings. The molecular formula is C23H31FN10O2. The Balaban J connectivity index is 1.36. The number of urea groups is 1. The lowest BCUT2D eigenvalue weighted by Crippen LogP contribution is -2.49. The Kier molecular flexibility index (Phi) is 6.72. The first-order valence-corrected chi connectivity index (χ1v) is 12.2. The van der Waals surface area contributed by atoms with Gasteiger partial charge in [0.2, 0.25) is 5.95 Å². The number of hydrogen-bond donors (Lipinski definition) is 3. The first kappa shape index (κ1) is 24.0. The van der Waals surface area contributed by atoms with Crippen molar-refractivity contribution in [3.05, 3.63) is 29.7 Å². The summed E-state index contributed by atoms with van der Waals surface area (Å²) in [6.45, 7) is 5.71. The Morgan fingerprint density at radius 3 is 2.64 bits per heavy atom. The normalized spacial score (nSPS) is 20.7. The number of amides is 3. The lowest BCUT2D eigenvalue weighted by Gasteiger charge is -2.37. The van der Waals surface area contributed by atoms with Gasteiger partial charge in [0.05, 0.1) is 11.7 Å². The van der Waals surface area contributed by atoms with Crippen molar-refractivity contribution >= 4 is 35.1 Å². The summed E-state index contributed by atoms with van der Waals surface area (Å²) >= 11 is 0. The minimum atomic E-state index is -0.788. The van der Waals surface area contributed by atoms with Crippen LogP contribution in [0.3, 0.4) is 0 Å². The Bertz CT molecular complexity index is 1140. The Morgan fingerprint density at radius 2 is 1.94 bits per heavy atom. The molecule has 3 aliphatic rings. The molecule has 192 valence electrons. The number of nitrogens with one attached hydrogen (secondary N) is 2. The predicted molar refractivity (Wildman–Crippen MR) is 133 cm³/mol. The van der Waals surface area contributed by atoms with Crippen LogP contribution in [-0.2, 0) is 0 Å². The molecular weight excluding hydrogens is 467 g/mol. The molecule has 0 saturated carbocycles. The fourth-order valence-corrected chi connectivity index (χ4v) is 4.99. The van der Waals surface area contributed by atoms with Gasteiger partial charge in [-0.05, 0) is 31.0 Å². The summed E-state index contributed by atoms with van der Waals surface area (Å²) in [6.07, 6.45) is 1.76.